The van der Waals surface area contributed by atoms with Crippen LogP contribution in [0.2, 0.25) is 0 Å². The fourth-order valence-electron chi connectivity index (χ4n) is 3.15. The van der Waals surface area contributed by atoms with Crippen LogP contribution in [0, 0.1) is 0 Å². The molecule has 1 aromatic rings. The maximum absolute atomic E-state index is 12.2. The Morgan fingerprint density at radius 1 is 1.28 bits per heavy atom. The molecule has 0 bridgehead atoms. The van der Waals surface area contributed by atoms with Gasteiger partial charge >= 0.3 is 5.97 Å². The van der Waals surface area contributed by atoms with Gasteiger partial charge in [0.2, 0.25) is 11.3 Å². The van der Waals surface area contributed by atoms with Crippen molar-refractivity contribution in [2.24, 2.45) is 0 Å². The summed E-state index contributed by atoms with van der Waals surface area (Å²) >= 11 is 0. The molecule has 7 heteroatoms. The molecule has 126 valence electrons. The number of carbonyl (C=O) groups excluding carboxylic acids is 1. The number of benzene rings is 2. The number of carbonyl (C=O) groups is 2. The van der Waals surface area contributed by atoms with Gasteiger partial charge in [-0.3, -0.25) is 14.4 Å². The highest BCUT2D eigenvalue weighted by Crippen LogP contribution is 2.34. The molecule has 1 amide bonds. The normalized spacial score (nSPS) is 13.7. The van der Waals surface area contributed by atoms with Crippen LogP contribution in [-0.4, -0.2) is 22.0 Å². The molecule has 2 heterocycles. The third-order valence-corrected chi connectivity index (χ3v) is 4.33. The number of nitrogens with zero attached hydrogens (tertiary/aromatic N) is 1. The van der Waals surface area contributed by atoms with E-state index >= 15 is 0 Å². The highest BCUT2D eigenvalue weighted by Gasteiger charge is 2.26. The Hall–Kier alpha value is -3.22. The lowest BCUT2D eigenvalue weighted by atomic mass is 9.97. The maximum atomic E-state index is 12.2. The number of aryl methyl sites for hydroxylation is 1. The molecule has 0 saturated heterocycles. The van der Waals surface area contributed by atoms with Gasteiger partial charge in [-0.1, -0.05) is 12.1 Å². The topological polar surface area (TPSA) is 110 Å². The van der Waals surface area contributed by atoms with E-state index in [4.69, 9.17) is 9.52 Å². The lowest BCUT2D eigenvalue weighted by Crippen LogP contribution is -2.26. The predicted molar refractivity (Wildman–Crippen MR) is 89.8 cm³/mol. The van der Waals surface area contributed by atoms with Crippen LogP contribution >= 0.6 is 0 Å². The van der Waals surface area contributed by atoms with E-state index in [9.17, 15) is 14.4 Å². The van der Waals surface area contributed by atoms with Crippen LogP contribution in [0.3, 0.4) is 0 Å². The lowest BCUT2D eigenvalue weighted by molar-refractivity contribution is -0.137. The van der Waals surface area contributed by atoms with Gasteiger partial charge in [0.25, 0.3) is 0 Å². The summed E-state index contributed by atoms with van der Waals surface area (Å²) in [5, 5.41) is 11.5. The summed E-state index contributed by atoms with van der Waals surface area (Å²) in [5.41, 5.74) is 3.00. The average Bonchev–Trinajstić information content (AvgIpc) is 2.58. The third kappa shape index (κ3) is 2.63. The summed E-state index contributed by atoms with van der Waals surface area (Å²) < 4.78 is 5.84. The largest absolute Gasteiger partial charge is 0.481 e. The van der Waals surface area contributed by atoms with E-state index in [1.807, 2.05) is 6.07 Å². The van der Waals surface area contributed by atoms with Gasteiger partial charge in [-0.15, -0.1) is 0 Å². The summed E-state index contributed by atoms with van der Waals surface area (Å²) in [4.78, 5) is 39.3. The van der Waals surface area contributed by atoms with Crippen molar-refractivity contribution in [1.82, 2.24) is 4.98 Å². The zero-order chi connectivity index (χ0) is 17.6. The van der Waals surface area contributed by atoms with E-state index in [0.717, 1.165) is 5.56 Å². The van der Waals surface area contributed by atoms with E-state index < -0.39 is 5.97 Å². The third-order valence-electron chi connectivity index (χ3n) is 4.33. The minimum Gasteiger partial charge on any atom is -0.481 e. The Kier molecular flexibility index (Phi) is 3.49. The standard InChI is InChI=1S/C18H14N2O5/c21-11-8-13-18(10-5-6-14(22)19-17(10)11)20-16-9(4-7-15(23)24)2-1-3-12(16)25-13/h1-3,8H,4-7H2,(H,19,22)(H,23,24). The summed E-state index contributed by atoms with van der Waals surface area (Å²) in [6.45, 7) is 0. The van der Waals surface area contributed by atoms with Gasteiger partial charge in [0.15, 0.2) is 11.3 Å². The second-order valence-corrected chi connectivity index (χ2v) is 5.99. The van der Waals surface area contributed by atoms with Crippen molar-refractivity contribution < 1.29 is 19.1 Å². The van der Waals surface area contributed by atoms with Crippen LogP contribution in [0.1, 0.15) is 24.0 Å². The van der Waals surface area contributed by atoms with Crippen LogP contribution in [-0.2, 0) is 22.4 Å². The molecule has 7 nitrogen and oxygen atoms in total. The molecule has 1 aliphatic carbocycles. The van der Waals surface area contributed by atoms with Gasteiger partial charge < -0.3 is 14.8 Å². The molecule has 0 unspecified atom stereocenters. The SMILES string of the molecule is O=C(O)CCc1cccc2oc3cc(=O)c4c(c-3nc12)CCC(=O)N4. The Labute approximate surface area is 141 Å². The van der Waals surface area contributed by atoms with Crippen LogP contribution in [0.25, 0.3) is 22.6 Å². The molecule has 2 N–H and O–H groups in total. The number of fused-ring (bicyclic) bond motifs is 4. The summed E-state index contributed by atoms with van der Waals surface area (Å²) in [6.07, 6.45) is 1.02. The maximum Gasteiger partial charge on any atom is 0.303 e. The fraction of sp³-hybridized carbons (Fsp3) is 0.222. The monoisotopic (exact) mass is 338 g/mol. The first-order chi connectivity index (χ1) is 12.0. The van der Waals surface area contributed by atoms with E-state index in [1.165, 1.54) is 6.07 Å². The molecule has 3 aliphatic rings. The number of aliphatic carboxylic acids is 1. The Balaban J connectivity index is 1.96. The molecule has 25 heavy (non-hydrogen) atoms. The molecule has 0 radical (unpaired) electrons. The number of rotatable bonds is 3. The van der Waals surface area contributed by atoms with Crippen molar-refractivity contribution in [3.8, 4) is 11.5 Å². The van der Waals surface area contributed by atoms with E-state index in [2.05, 4.69) is 10.3 Å². The second-order valence-electron chi connectivity index (χ2n) is 5.99. The second kappa shape index (κ2) is 5.70. The lowest BCUT2D eigenvalue weighted by Gasteiger charge is -2.20. The highest BCUT2D eigenvalue weighted by molar-refractivity contribution is 5.96. The number of carboxylic acid groups (broad SMARTS) is 1. The molecule has 0 spiro atoms. The number of para-hydroxylation sites is 1. The molecule has 0 fully saturated rings. The minimum atomic E-state index is -0.884. The van der Waals surface area contributed by atoms with Gasteiger partial charge in [0.05, 0.1) is 5.69 Å². The van der Waals surface area contributed by atoms with E-state index in [0.29, 0.717) is 41.0 Å². The smallest absolute Gasteiger partial charge is 0.303 e. The highest BCUT2D eigenvalue weighted by atomic mass is 16.4. The summed E-state index contributed by atoms with van der Waals surface area (Å²) in [5.74, 6) is -0.711. The molecule has 2 aliphatic heterocycles. The first-order valence-electron chi connectivity index (χ1n) is 7.93. The number of amides is 1. The molecule has 4 rings (SSSR count). The van der Waals surface area contributed by atoms with Crippen molar-refractivity contribution in [2.75, 3.05) is 5.32 Å². The van der Waals surface area contributed by atoms with Crippen molar-refractivity contribution in [2.45, 2.75) is 25.7 Å². The van der Waals surface area contributed by atoms with Gasteiger partial charge in [0, 0.05) is 24.5 Å². The zero-order valence-corrected chi connectivity index (χ0v) is 13.2. The Morgan fingerprint density at radius 3 is 2.92 bits per heavy atom. The van der Waals surface area contributed by atoms with Crippen molar-refractivity contribution in [3.05, 3.63) is 45.6 Å². The van der Waals surface area contributed by atoms with Crippen molar-refractivity contribution in [1.29, 1.82) is 0 Å². The van der Waals surface area contributed by atoms with Crippen LogP contribution in [0.15, 0.2) is 33.5 Å². The summed E-state index contributed by atoms with van der Waals surface area (Å²) in [6, 6.07) is 6.65. The first kappa shape index (κ1) is 15.3. The predicted octanol–water partition coefficient (Wildman–Crippen LogP) is 2.19. The molecular formula is C18H14N2O5. The van der Waals surface area contributed by atoms with Gasteiger partial charge in [-0.2, -0.15) is 0 Å². The van der Waals surface area contributed by atoms with Crippen LogP contribution < -0.4 is 10.7 Å². The Morgan fingerprint density at radius 2 is 2.12 bits per heavy atom. The van der Waals surface area contributed by atoms with Crippen molar-refractivity contribution in [3.63, 3.8) is 0 Å². The number of anilines is 1. The first-order valence-corrected chi connectivity index (χ1v) is 7.93. The quantitative estimate of drug-likeness (QED) is 0.709. The van der Waals surface area contributed by atoms with Crippen LogP contribution in [0.4, 0.5) is 5.69 Å². The molecule has 1 aromatic carbocycles. The number of carboxylic acids is 1. The van der Waals surface area contributed by atoms with Gasteiger partial charge in [0.1, 0.15) is 11.2 Å². The zero-order valence-electron chi connectivity index (χ0n) is 13.2. The van der Waals surface area contributed by atoms with Crippen LogP contribution in [0.5, 0.6) is 0 Å². The van der Waals surface area contributed by atoms with E-state index in [-0.39, 0.29) is 29.9 Å². The van der Waals surface area contributed by atoms with E-state index in [1.54, 1.807) is 12.1 Å². The average molecular weight is 338 g/mol. The van der Waals surface area contributed by atoms with Crippen molar-refractivity contribution >= 4 is 28.7 Å². The molecular weight excluding hydrogens is 324 g/mol. The molecule has 0 aromatic heterocycles. The Bertz CT molecular complexity index is 1050. The number of hydrogen-bond acceptors (Lipinski definition) is 5. The summed E-state index contributed by atoms with van der Waals surface area (Å²) in [7, 11) is 0. The number of aromatic nitrogens is 1. The minimum absolute atomic E-state index is 0.00745. The van der Waals surface area contributed by atoms with Gasteiger partial charge in [-0.25, -0.2) is 4.98 Å². The molecule has 0 atom stereocenters. The number of hydrogen-bond donors (Lipinski definition) is 2. The molecule has 0 saturated carbocycles. The van der Waals surface area contributed by atoms with Gasteiger partial charge in [-0.05, 0) is 24.5 Å². The fourth-order valence-corrected chi connectivity index (χ4v) is 3.15. The number of nitrogens with one attached hydrogen (secondary N) is 1.